The zero-order chi connectivity index (χ0) is 17.3. The van der Waals surface area contributed by atoms with Crippen LogP contribution in [0, 0.1) is 0 Å². The maximum Gasteiger partial charge on any atom is 0.187 e. The van der Waals surface area contributed by atoms with Crippen LogP contribution in [0.25, 0.3) is 0 Å². The number of rotatable bonds is 4. The standard InChI is InChI=1S/C12H22O11/c13-1-3-5(15)6(16)9(19)12(22-3)23-10-4(2-14)21-11(20)8(18)7(10)17/h3-20H,1-2H2/t3-,4-,5-,6+,7-,8+,9+,10-,11+,12-/m1/s1. The van der Waals surface area contributed by atoms with Crippen molar-refractivity contribution in [2.75, 3.05) is 13.2 Å². The average molecular weight is 342 g/mol. The van der Waals surface area contributed by atoms with Gasteiger partial charge in [0.15, 0.2) is 12.6 Å². The Morgan fingerprint density at radius 1 is 0.652 bits per heavy atom. The van der Waals surface area contributed by atoms with E-state index in [9.17, 15) is 35.7 Å². The summed E-state index contributed by atoms with van der Waals surface area (Å²) in [4.78, 5) is 0. The van der Waals surface area contributed by atoms with Crippen LogP contribution in [0.4, 0.5) is 0 Å². The molecule has 136 valence electrons. The summed E-state index contributed by atoms with van der Waals surface area (Å²) in [6.07, 6.45) is -15.6. The van der Waals surface area contributed by atoms with Gasteiger partial charge in [0.1, 0.15) is 48.8 Å². The van der Waals surface area contributed by atoms with E-state index in [0.29, 0.717) is 0 Å². The van der Waals surface area contributed by atoms with Crippen LogP contribution in [0.3, 0.4) is 0 Å². The molecule has 0 unspecified atom stereocenters. The highest BCUT2D eigenvalue weighted by molar-refractivity contribution is 4.93. The Hall–Kier alpha value is -0.440. The Morgan fingerprint density at radius 3 is 1.83 bits per heavy atom. The molecule has 2 fully saturated rings. The highest BCUT2D eigenvalue weighted by atomic mass is 16.7. The predicted molar refractivity (Wildman–Crippen MR) is 68.6 cm³/mol. The SMILES string of the molecule is OC[C@H]1O[C@H](O[C@H]2[C@H](O)[C@H](O)[C@@H](O)O[C@@H]2CO)[C@@H](O)[C@@H](O)[C@@H]1O. The maximum atomic E-state index is 9.94. The highest BCUT2D eigenvalue weighted by Gasteiger charge is 2.50. The van der Waals surface area contributed by atoms with E-state index in [-0.39, 0.29) is 0 Å². The summed E-state index contributed by atoms with van der Waals surface area (Å²) in [5.41, 5.74) is 0. The minimum absolute atomic E-state index is 0.667. The second-order valence-electron chi connectivity index (χ2n) is 5.53. The molecule has 0 radical (unpaired) electrons. The Bertz CT molecular complexity index is 378. The second-order valence-corrected chi connectivity index (χ2v) is 5.53. The van der Waals surface area contributed by atoms with Gasteiger partial charge in [-0.2, -0.15) is 0 Å². The van der Waals surface area contributed by atoms with E-state index in [1.54, 1.807) is 0 Å². The molecule has 11 nitrogen and oxygen atoms in total. The quantitative estimate of drug-likeness (QED) is 0.243. The van der Waals surface area contributed by atoms with Gasteiger partial charge in [-0.1, -0.05) is 0 Å². The summed E-state index contributed by atoms with van der Waals surface area (Å²) >= 11 is 0. The van der Waals surface area contributed by atoms with Crippen molar-refractivity contribution in [1.29, 1.82) is 0 Å². The first-order valence-electron chi connectivity index (χ1n) is 7.08. The summed E-state index contributed by atoms with van der Waals surface area (Å²) in [5.74, 6) is 0. The molecule has 2 rings (SSSR count). The van der Waals surface area contributed by atoms with Gasteiger partial charge in [0.2, 0.25) is 0 Å². The average Bonchev–Trinajstić information content (AvgIpc) is 2.55. The molecule has 2 heterocycles. The molecule has 0 aromatic rings. The van der Waals surface area contributed by atoms with Gasteiger partial charge in [-0.25, -0.2) is 0 Å². The van der Waals surface area contributed by atoms with Crippen molar-refractivity contribution in [2.45, 2.75) is 61.4 Å². The zero-order valence-electron chi connectivity index (χ0n) is 12.0. The number of ether oxygens (including phenoxy) is 3. The van der Waals surface area contributed by atoms with E-state index >= 15 is 0 Å². The lowest BCUT2D eigenvalue weighted by Crippen LogP contribution is -2.64. The van der Waals surface area contributed by atoms with Crippen LogP contribution >= 0.6 is 0 Å². The lowest BCUT2D eigenvalue weighted by atomic mass is 9.97. The summed E-state index contributed by atoms with van der Waals surface area (Å²) in [6.45, 7) is -1.35. The van der Waals surface area contributed by atoms with E-state index in [1.807, 2.05) is 0 Å². The molecule has 0 bridgehead atoms. The van der Waals surface area contributed by atoms with E-state index in [4.69, 9.17) is 19.3 Å². The van der Waals surface area contributed by atoms with Crippen LogP contribution in [0.2, 0.25) is 0 Å². The van der Waals surface area contributed by atoms with Crippen molar-refractivity contribution >= 4 is 0 Å². The first-order chi connectivity index (χ1) is 10.8. The first-order valence-corrected chi connectivity index (χ1v) is 7.08. The fourth-order valence-electron chi connectivity index (χ4n) is 2.57. The van der Waals surface area contributed by atoms with E-state index in [1.165, 1.54) is 0 Å². The molecule has 0 saturated carbocycles. The van der Waals surface area contributed by atoms with Crippen molar-refractivity contribution < 1.29 is 55.1 Å². The monoisotopic (exact) mass is 342 g/mol. The van der Waals surface area contributed by atoms with E-state index in [0.717, 1.165) is 0 Å². The van der Waals surface area contributed by atoms with Crippen molar-refractivity contribution in [2.24, 2.45) is 0 Å². The summed E-state index contributed by atoms with van der Waals surface area (Å²) in [7, 11) is 0. The molecule has 23 heavy (non-hydrogen) atoms. The van der Waals surface area contributed by atoms with Crippen LogP contribution < -0.4 is 0 Å². The smallest absolute Gasteiger partial charge is 0.187 e. The fraction of sp³-hybridized carbons (Fsp3) is 1.00. The Morgan fingerprint density at radius 2 is 1.26 bits per heavy atom. The number of hydrogen-bond donors (Lipinski definition) is 8. The van der Waals surface area contributed by atoms with Gasteiger partial charge in [-0.15, -0.1) is 0 Å². The van der Waals surface area contributed by atoms with Crippen molar-refractivity contribution in [3.63, 3.8) is 0 Å². The molecule has 0 amide bonds. The minimum atomic E-state index is -1.74. The van der Waals surface area contributed by atoms with Gasteiger partial charge < -0.3 is 55.1 Å². The van der Waals surface area contributed by atoms with Crippen LogP contribution in [-0.4, -0.2) is 115 Å². The molecule has 11 heteroatoms. The van der Waals surface area contributed by atoms with Gasteiger partial charge in [-0.3, -0.25) is 0 Å². The molecule has 8 N–H and O–H groups in total. The highest BCUT2D eigenvalue weighted by Crippen LogP contribution is 2.28. The van der Waals surface area contributed by atoms with Crippen LogP contribution in [0.15, 0.2) is 0 Å². The lowest BCUT2D eigenvalue weighted by Gasteiger charge is -2.45. The normalized spacial score (nSPS) is 51.7. The number of aliphatic hydroxyl groups is 8. The predicted octanol–water partition coefficient (Wildman–Crippen LogP) is -5.40. The zero-order valence-corrected chi connectivity index (χ0v) is 12.0. The Balaban J connectivity index is 2.11. The van der Waals surface area contributed by atoms with Gasteiger partial charge in [0.05, 0.1) is 13.2 Å². The molecule has 0 aliphatic carbocycles. The number of hydrogen-bond acceptors (Lipinski definition) is 11. The summed E-state index contributed by atoms with van der Waals surface area (Å²) in [5, 5.41) is 76.5. The van der Waals surface area contributed by atoms with Crippen molar-refractivity contribution in [1.82, 2.24) is 0 Å². The fourth-order valence-corrected chi connectivity index (χ4v) is 2.57. The van der Waals surface area contributed by atoms with Gasteiger partial charge >= 0.3 is 0 Å². The maximum absolute atomic E-state index is 9.94. The molecule has 0 aromatic carbocycles. The molecule has 2 aliphatic rings. The van der Waals surface area contributed by atoms with Crippen molar-refractivity contribution in [3.05, 3.63) is 0 Å². The Kier molecular flexibility index (Phi) is 6.27. The molecule has 0 spiro atoms. The van der Waals surface area contributed by atoms with Crippen molar-refractivity contribution in [3.8, 4) is 0 Å². The van der Waals surface area contributed by atoms with Crippen LogP contribution in [-0.2, 0) is 14.2 Å². The third-order valence-electron chi connectivity index (χ3n) is 3.98. The summed E-state index contributed by atoms with van der Waals surface area (Å²) < 4.78 is 15.3. The topological polar surface area (TPSA) is 190 Å². The summed E-state index contributed by atoms with van der Waals surface area (Å²) in [6, 6.07) is 0. The molecule has 10 atom stereocenters. The van der Waals surface area contributed by atoms with Gasteiger partial charge in [0.25, 0.3) is 0 Å². The van der Waals surface area contributed by atoms with Crippen LogP contribution in [0.5, 0.6) is 0 Å². The van der Waals surface area contributed by atoms with Crippen LogP contribution in [0.1, 0.15) is 0 Å². The molecule has 0 aromatic heterocycles. The van der Waals surface area contributed by atoms with E-state index < -0.39 is 74.6 Å². The number of aliphatic hydroxyl groups excluding tert-OH is 8. The van der Waals surface area contributed by atoms with Gasteiger partial charge in [-0.05, 0) is 0 Å². The third-order valence-corrected chi connectivity index (χ3v) is 3.98. The lowest BCUT2D eigenvalue weighted by molar-refractivity contribution is -0.355. The molecular weight excluding hydrogens is 320 g/mol. The van der Waals surface area contributed by atoms with E-state index in [2.05, 4.69) is 0 Å². The Labute approximate surface area is 130 Å². The minimum Gasteiger partial charge on any atom is -0.394 e. The third kappa shape index (κ3) is 3.65. The largest absolute Gasteiger partial charge is 0.394 e. The molecule has 2 saturated heterocycles. The molecular formula is C12H22O11. The second kappa shape index (κ2) is 7.63. The molecule has 2 aliphatic heterocycles. The first kappa shape index (κ1) is 18.9. The van der Waals surface area contributed by atoms with Gasteiger partial charge in [0, 0.05) is 0 Å².